The van der Waals surface area contributed by atoms with Crippen LogP contribution in [-0.4, -0.2) is 19.2 Å². The van der Waals surface area contributed by atoms with Crippen LogP contribution in [0, 0.1) is 0 Å². The summed E-state index contributed by atoms with van der Waals surface area (Å²) in [5.74, 6) is 0.841. The van der Waals surface area contributed by atoms with E-state index >= 15 is 0 Å². The van der Waals surface area contributed by atoms with E-state index in [4.69, 9.17) is 15.2 Å². The molecule has 0 saturated carbocycles. The van der Waals surface area contributed by atoms with E-state index in [1.54, 1.807) is 37.4 Å². The van der Waals surface area contributed by atoms with Crippen LogP contribution in [-0.2, 0) is 12.0 Å². The Morgan fingerprint density at radius 2 is 1.75 bits per heavy atom. The van der Waals surface area contributed by atoms with Crippen LogP contribution in [0.1, 0.15) is 47.8 Å². The minimum Gasteiger partial charge on any atom is -0.493 e. The molecule has 1 amide bonds. The molecule has 0 spiro atoms. The van der Waals surface area contributed by atoms with Crippen LogP contribution in [0.15, 0.2) is 71.8 Å². The van der Waals surface area contributed by atoms with Crippen LogP contribution < -0.4 is 20.6 Å². The number of nitrogens with zero attached hydrogens (tertiary/aromatic N) is 1. The molecule has 0 aliphatic carbocycles. The minimum absolute atomic E-state index is 0.118. The fourth-order valence-electron chi connectivity index (χ4n) is 3.08. The van der Waals surface area contributed by atoms with Crippen molar-refractivity contribution in [1.29, 1.82) is 0 Å². The minimum atomic E-state index is -0.372. The van der Waals surface area contributed by atoms with Gasteiger partial charge in [0.2, 0.25) is 0 Å². The number of hydrazone groups is 1. The van der Waals surface area contributed by atoms with Gasteiger partial charge in [-0.25, -0.2) is 5.43 Å². The molecule has 166 valence electrons. The fraction of sp³-hybridized carbons (Fsp3) is 0.231. The highest BCUT2D eigenvalue weighted by Crippen LogP contribution is 2.29. The first-order valence-electron chi connectivity index (χ1n) is 10.4. The Balaban J connectivity index is 1.62. The van der Waals surface area contributed by atoms with Gasteiger partial charge in [-0.3, -0.25) is 4.79 Å². The first-order chi connectivity index (χ1) is 15.3. The van der Waals surface area contributed by atoms with E-state index in [9.17, 15) is 4.79 Å². The van der Waals surface area contributed by atoms with Crippen molar-refractivity contribution in [1.82, 2.24) is 5.43 Å². The molecule has 0 aliphatic heterocycles. The Morgan fingerprint density at radius 1 is 1.03 bits per heavy atom. The molecule has 3 rings (SSSR count). The second-order valence-electron chi connectivity index (χ2n) is 8.43. The zero-order valence-corrected chi connectivity index (χ0v) is 18.9. The Labute approximate surface area is 189 Å². The summed E-state index contributed by atoms with van der Waals surface area (Å²) in [5, 5.41) is 4.01. The summed E-state index contributed by atoms with van der Waals surface area (Å²) in [7, 11) is 1.58. The zero-order chi connectivity index (χ0) is 23.1. The summed E-state index contributed by atoms with van der Waals surface area (Å²) >= 11 is 0. The van der Waals surface area contributed by atoms with Crippen molar-refractivity contribution in [3.05, 3.63) is 89.0 Å². The second-order valence-corrected chi connectivity index (χ2v) is 8.43. The molecule has 0 fully saturated rings. The summed E-state index contributed by atoms with van der Waals surface area (Å²) in [4.78, 5) is 12.2. The third-order valence-electron chi connectivity index (χ3n) is 4.99. The van der Waals surface area contributed by atoms with Crippen LogP contribution in [0.4, 0.5) is 5.69 Å². The van der Waals surface area contributed by atoms with Gasteiger partial charge >= 0.3 is 0 Å². The van der Waals surface area contributed by atoms with Gasteiger partial charge in [0.15, 0.2) is 11.5 Å². The third kappa shape index (κ3) is 5.88. The van der Waals surface area contributed by atoms with Gasteiger partial charge in [-0.2, -0.15) is 5.10 Å². The van der Waals surface area contributed by atoms with E-state index in [0.29, 0.717) is 29.4 Å². The number of hydrogen-bond donors (Lipinski definition) is 2. The maximum absolute atomic E-state index is 12.2. The Kier molecular flexibility index (Phi) is 7.15. The summed E-state index contributed by atoms with van der Waals surface area (Å²) in [6.45, 7) is 7.01. The van der Waals surface area contributed by atoms with E-state index < -0.39 is 0 Å². The topological polar surface area (TPSA) is 85.9 Å². The molecular weight excluding hydrogens is 402 g/mol. The second kappa shape index (κ2) is 10.0. The number of carbonyl (C=O) groups is 1. The molecule has 0 aromatic heterocycles. The van der Waals surface area contributed by atoms with Gasteiger partial charge in [0.05, 0.1) is 18.9 Å². The summed E-state index contributed by atoms with van der Waals surface area (Å²) < 4.78 is 11.4. The number of nitrogens with two attached hydrogens (primary N) is 1. The number of ether oxygens (including phenoxy) is 2. The van der Waals surface area contributed by atoms with Crippen LogP contribution in [0.25, 0.3) is 0 Å². The van der Waals surface area contributed by atoms with Gasteiger partial charge in [0.25, 0.3) is 5.91 Å². The average Bonchev–Trinajstić information content (AvgIpc) is 2.78. The van der Waals surface area contributed by atoms with Crippen molar-refractivity contribution in [2.45, 2.75) is 32.8 Å². The van der Waals surface area contributed by atoms with Crippen molar-refractivity contribution in [3.63, 3.8) is 0 Å². The molecule has 0 saturated heterocycles. The molecule has 6 nitrogen and oxygen atoms in total. The van der Waals surface area contributed by atoms with Crippen LogP contribution in [0.2, 0.25) is 0 Å². The molecule has 3 aromatic rings. The lowest BCUT2D eigenvalue weighted by molar-refractivity contribution is 0.0956. The van der Waals surface area contributed by atoms with Crippen LogP contribution in [0.3, 0.4) is 0 Å². The molecule has 0 bridgehead atoms. The Morgan fingerprint density at radius 3 is 2.41 bits per heavy atom. The Bertz CT molecular complexity index is 1100. The first kappa shape index (κ1) is 22.9. The van der Waals surface area contributed by atoms with Crippen molar-refractivity contribution in [3.8, 4) is 11.5 Å². The van der Waals surface area contributed by atoms with Gasteiger partial charge < -0.3 is 15.2 Å². The van der Waals surface area contributed by atoms with Crippen LogP contribution >= 0.6 is 0 Å². The molecule has 3 aromatic carbocycles. The SMILES string of the molecule is COc1cc(/C=N\NC(=O)c2ccccc2N)ccc1OCc1ccc(C(C)(C)C)cc1. The van der Waals surface area contributed by atoms with Crippen LogP contribution in [0.5, 0.6) is 11.5 Å². The van der Waals surface area contributed by atoms with Gasteiger partial charge in [0.1, 0.15) is 6.61 Å². The maximum Gasteiger partial charge on any atom is 0.273 e. The molecule has 0 unspecified atom stereocenters. The summed E-state index contributed by atoms with van der Waals surface area (Å²) in [6, 6.07) is 20.7. The largest absolute Gasteiger partial charge is 0.493 e. The number of para-hydroxylation sites is 1. The number of hydrogen-bond acceptors (Lipinski definition) is 5. The maximum atomic E-state index is 12.2. The van der Waals surface area contributed by atoms with Gasteiger partial charge in [-0.15, -0.1) is 0 Å². The van der Waals surface area contributed by atoms with Crippen molar-refractivity contribution in [2.75, 3.05) is 12.8 Å². The molecule has 32 heavy (non-hydrogen) atoms. The smallest absolute Gasteiger partial charge is 0.273 e. The highest BCUT2D eigenvalue weighted by Gasteiger charge is 2.13. The normalized spacial score (nSPS) is 11.4. The predicted octanol–water partition coefficient (Wildman–Crippen LogP) is 4.92. The predicted molar refractivity (Wildman–Crippen MR) is 128 cm³/mol. The van der Waals surface area contributed by atoms with E-state index in [1.165, 1.54) is 11.8 Å². The molecule has 0 radical (unpaired) electrons. The molecule has 0 heterocycles. The lowest BCUT2D eigenvalue weighted by atomic mass is 9.87. The number of nitrogen functional groups attached to an aromatic ring is 1. The van der Waals surface area contributed by atoms with E-state index in [-0.39, 0.29) is 11.3 Å². The van der Waals surface area contributed by atoms with E-state index in [0.717, 1.165) is 11.1 Å². The number of anilines is 1. The monoisotopic (exact) mass is 431 g/mol. The molecule has 0 atom stereocenters. The number of benzene rings is 3. The lowest BCUT2D eigenvalue weighted by Gasteiger charge is -2.19. The average molecular weight is 432 g/mol. The van der Waals surface area contributed by atoms with Crippen molar-refractivity contribution >= 4 is 17.8 Å². The van der Waals surface area contributed by atoms with Gasteiger partial charge in [-0.05, 0) is 52.4 Å². The fourth-order valence-corrected chi connectivity index (χ4v) is 3.08. The molecule has 0 aliphatic rings. The number of methoxy groups -OCH3 is 1. The van der Waals surface area contributed by atoms with Gasteiger partial charge in [0, 0.05) is 5.69 Å². The standard InChI is InChI=1S/C26H29N3O3/c1-26(2,3)20-12-9-18(10-13-20)17-32-23-14-11-19(15-24(23)31-4)16-28-29-25(30)21-7-5-6-8-22(21)27/h5-16H,17,27H2,1-4H3,(H,29,30)/b28-16-. The third-order valence-corrected chi connectivity index (χ3v) is 4.99. The first-order valence-corrected chi connectivity index (χ1v) is 10.4. The van der Waals surface area contributed by atoms with Crippen molar-refractivity contribution in [2.24, 2.45) is 5.10 Å². The molecule has 3 N–H and O–H groups in total. The number of rotatable bonds is 7. The lowest BCUT2D eigenvalue weighted by Crippen LogP contribution is -2.19. The highest BCUT2D eigenvalue weighted by molar-refractivity contribution is 5.99. The highest BCUT2D eigenvalue weighted by atomic mass is 16.5. The molecular formula is C26H29N3O3. The number of nitrogens with one attached hydrogen (secondary N) is 1. The number of carbonyl (C=O) groups excluding carboxylic acids is 1. The van der Waals surface area contributed by atoms with E-state index in [2.05, 4.69) is 55.6 Å². The quantitative estimate of drug-likeness (QED) is 0.316. The molecule has 6 heteroatoms. The van der Waals surface area contributed by atoms with E-state index in [1.807, 2.05) is 12.1 Å². The number of amides is 1. The summed E-state index contributed by atoms with van der Waals surface area (Å²) in [6.07, 6.45) is 1.54. The van der Waals surface area contributed by atoms with Crippen molar-refractivity contribution < 1.29 is 14.3 Å². The van der Waals surface area contributed by atoms with Gasteiger partial charge in [-0.1, -0.05) is 57.2 Å². The Hall–Kier alpha value is -3.80. The zero-order valence-electron chi connectivity index (χ0n) is 18.9. The summed E-state index contributed by atoms with van der Waals surface area (Å²) in [5.41, 5.74) is 12.3.